The second kappa shape index (κ2) is 13.7. The normalized spacial score (nSPS) is 17.3. The molecule has 4 N–H and O–H groups in total. The molecule has 1 fully saturated rings. The number of amides is 3. The van der Waals surface area contributed by atoms with E-state index in [1.807, 2.05) is 69.3 Å². The second-order valence-electron chi connectivity index (χ2n) is 14.2. The number of nitrogens with two attached hydrogens (primary N) is 2. The molecule has 0 spiro atoms. The van der Waals surface area contributed by atoms with Gasteiger partial charge >= 0.3 is 18.2 Å². The molecule has 1 unspecified atom stereocenters. The van der Waals surface area contributed by atoms with Crippen molar-refractivity contribution in [3.05, 3.63) is 59.7 Å². The molecule has 2 aromatic rings. The number of carbonyl (C=O) groups is 4. The van der Waals surface area contributed by atoms with Gasteiger partial charge in [-0.1, -0.05) is 69.3 Å². The molecule has 11 nitrogen and oxygen atoms in total. The van der Waals surface area contributed by atoms with E-state index >= 15 is 0 Å². The Morgan fingerprint density at radius 2 is 1.37 bits per heavy atom. The number of nitrogens with zero attached hydrogens (tertiary/aromatic N) is 1. The Hall–Kier alpha value is -4.12. The zero-order chi connectivity index (χ0) is 33.9. The third-order valence-corrected chi connectivity index (χ3v) is 8.51. The molecule has 4 rings (SSSR count). The van der Waals surface area contributed by atoms with E-state index in [0.29, 0.717) is 12.8 Å². The van der Waals surface area contributed by atoms with Gasteiger partial charge in [-0.15, -0.1) is 0 Å². The zero-order valence-corrected chi connectivity index (χ0v) is 27.7. The maximum absolute atomic E-state index is 14.8. The van der Waals surface area contributed by atoms with E-state index in [0.717, 1.165) is 22.3 Å². The van der Waals surface area contributed by atoms with Crippen molar-refractivity contribution in [3.63, 3.8) is 0 Å². The molecular weight excluding hydrogens is 590 g/mol. The maximum Gasteiger partial charge on any atom is 0.405 e. The number of hydrogen-bond acceptors (Lipinski definition) is 8. The van der Waals surface area contributed by atoms with Crippen molar-refractivity contribution < 1.29 is 38.1 Å². The van der Waals surface area contributed by atoms with Crippen LogP contribution in [0.4, 0.5) is 9.59 Å². The summed E-state index contributed by atoms with van der Waals surface area (Å²) in [5.41, 5.74) is 12.1. The van der Waals surface area contributed by atoms with Crippen LogP contribution in [0.3, 0.4) is 0 Å². The number of fused-ring (bicyclic) bond motifs is 3. The minimum atomic E-state index is -1.81. The van der Waals surface area contributed by atoms with E-state index in [1.54, 1.807) is 25.7 Å². The number of primary amides is 2. The molecule has 1 heterocycles. The summed E-state index contributed by atoms with van der Waals surface area (Å²) in [6, 6.07) is 15.9. The predicted octanol–water partition coefficient (Wildman–Crippen LogP) is 5.27. The van der Waals surface area contributed by atoms with Crippen molar-refractivity contribution in [2.45, 2.75) is 96.6 Å². The first kappa shape index (κ1) is 34.7. The highest BCUT2D eigenvalue weighted by Gasteiger charge is 2.52. The lowest BCUT2D eigenvalue weighted by Gasteiger charge is -2.43. The topological polar surface area (TPSA) is 160 Å². The molecule has 1 aliphatic carbocycles. The summed E-state index contributed by atoms with van der Waals surface area (Å²) < 4.78 is 22.7. The van der Waals surface area contributed by atoms with Gasteiger partial charge in [-0.3, -0.25) is 4.79 Å². The van der Waals surface area contributed by atoms with Crippen LogP contribution in [0.1, 0.15) is 84.3 Å². The van der Waals surface area contributed by atoms with Gasteiger partial charge in [0.25, 0.3) is 5.91 Å². The van der Waals surface area contributed by atoms with E-state index in [2.05, 4.69) is 0 Å². The van der Waals surface area contributed by atoms with E-state index in [-0.39, 0.29) is 44.6 Å². The highest BCUT2D eigenvalue weighted by molar-refractivity contribution is 5.89. The van der Waals surface area contributed by atoms with E-state index in [1.165, 1.54) is 0 Å². The largest absolute Gasteiger partial charge is 0.458 e. The quantitative estimate of drug-likeness (QED) is 0.263. The predicted molar refractivity (Wildman–Crippen MR) is 172 cm³/mol. The number of hydrogen-bond donors (Lipinski definition) is 2. The number of benzene rings is 2. The van der Waals surface area contributed by atoms with Gasteiger partial charge in [-0.25, -0.2) is 14.4 Å². The van der Waals surface area contributed by atoms with E-state index < -0.39 is 46.8 Å². The minimum Gasteiger partial charge on any atom is -0.458 e. The summed E-state index contributed by atoms with van der Waals surface area (Å²) >= 11 is 0. The van der Waals surface area contributed by atoms with E-state index in [4.69, 9.17) is 30.4 Å². The smallest absolute Gasteiger partial charge is 0.405 e. The molecule has 0 aromatic heterocycles. The lowest BCUT2D eigenvalue weighted by molar-refractivity contribution is -0.166. The van der Waals surface area contributed by atoms with Gasteiger partial charge in [0.05, 0.1) is 6.10 Å². The SMILES string of the molecule is CC(C)(C)OC(=O)COC1CCN(C(=O)[C@](CC2c3ccccc3-c3ccccc32)(CC(OC(N)=O)C(C)(C)C)OC(N)=O)CC1. The van der Waals surface area contributed by atoms with Crippen molar-refractivity contribution in [1.82, 2.24) is 4.90 Å². The molecule has 0 radical (unpaired) electrons. The van der Waals surface area contributed by atoms with Gasteiger partial charge in [0.2, 0.25) is 0 Å². The van der Waals surface area contributed by atoms with Crippen LogP contribution in [0, 0.1) is 5.41 Å². The molecule has 2 atom stereocenters. The lowest BCUT2D eigenvalue weighted by Crippen LogP contribution is -2.58. The molecule has 250 valence electrons. The highest BCUT2D eigenvalue weighted by atomic mass is 16.6. The van der Waals surface area contributed by atoms with Crippen LogP contribution in [0.15, 0.2) is 48.5 Å². The lowest BCUT2D eigenvalue weighted by atomic mass is 9.75. The number of esters is 1. The molecule has 2 aliphatic rings. The first-order valence-corrected chi connectivity index (χ1v) is 15.7. The average Bonchev–Trinajstić information content (AvgIpc) is 3.27. The molecule has 11 heteroatoms. The molecule has 46 heavy (non-hydrogen) atoms. The summed E-state index contributed by atoms with van der Waals surface area (Å²) in [4.78, 5) is 53.3. The zero-order valence-electron chi connectivity index (χ0n) is 27.7. The van der Waals surface area contributed by atoms with Gasteiger partial charge < -0.3 is 35.3 Å². The fourth-order valence-corrected chi connectivity index (χ4v) is 6.42. The van der Waals surface area contributed by atoms with Crippen molar-refractivity contribution >= 4 is 24.1 Å². The molecule has 0 saturated carbocycles. The summed E-state index contributed by atoms with van der Waals surface area (Å²) in [6.45, 7) is 11.3. The van der Waals surface area contributed by atoms with Gasteiger partial charge in [-0.05, 0) is 61.3 Å². The third-order valence-electron chi connectivity index (χ3n) is 8.51. The number of carbonyl (C=O) groups excluding carboxylic acids is 4. The standard InChI is InChI=1S/C35H47N3O8/c1-33(2,3)28(44-31(36)41)20-35(46-32(37)42,19-27-25-13-9-7-11-23(25)24-12-8-10-14-26(24)27)30(40)38-17-15-22(16-18-38)43-21-29(39)45-34(4,5)6/h7-14,22,27-28H,15-21H2,1-6H3,(H2,36,41)(H2,37,42)/t28?,35-/m0/s1. The Morgan fingerprint density at radius 1 is 0.826 bits per heavy atom. The molecule has 1 saturated heterocycles. The van der Waals surface area contributed by atoms with Gasteiger partial charge in [0, 0.05) is 31.8 Å². The van der Waals surface area contributed by atoms with Crippen molar-refractivity contribution in [2.24, 2.45) is 16.9 Å². The van der Waals surface area contributed by atoms with Crippen LogP contribution in [0.25, 0.3) is 11.1 Å². The van der Waals surface area contributed by atoms with Crippen LogP contribution in [0.5, 0.6) is 0 Å². The van der Waals surface area contributed by atoms with E-state index in [9.17, 15) is 19.2 Å². The van der Waals surface area contributed by atoms with Crippen LogP contribution < -0.4 is 11.5 Å². The molecule has 1 aliphatic heterocycles. The maximum atomic E-state index is 14.8. The van der Waals surface area contributed by atoms with Crippen molar-refractivity contribution in [2.75, 3.05) is 19.7 Å². The average molecular weight is 638 g/mol. The first-order chi connectivity index (χ1) is 21.5. The molecule has 0 bridgehead atoms. The summed E-state index contributed by atoms with van der Waals surface area (Å²) in [7, 11) is 0. The molecular formula is C35H47N3O8. The van der Waals surface area contributed by atoms with Gasteiger partial charge in [0.15, 0.2) is 5.60 Å². The van der Waals surface area contributed by atoms with Gasteiger partial charge in [0.1, 0.15) is 18.3 Å². The van der Waals surface area contributed by atoms with Crippen molar-refractivity contribution in [1.29, 1.82) is 0 Å². The Kier molecular flexibility index (Phi) is 10.4. The van der Waals surface area contributed by atoms with Crippen LogP contribution in [-0.2, 0) is 28.5 Å². The Morgan fingerprint density at radius 3 is 1.85 bits per heavy atom. The van der Waals surface area contributed by atoms with Crippen LogP contribution >= 0.6 is 0 Å². The number of rotatable bonds is 10. The van der Waals surface area contributed by atoms with Crippen molar-refractivity contribution in [3.8, 4) is 11.1 Å². The third kappa shape index (κ3) is 8.37. The summed E-state index contributed by atoms with van der Waals surface area (Å²) in [5.74, 6) is -1.22. The van der Waals surface area contributed by atoms with Crippen LogP contribution in [-0.4, -0.2) is 72.1 Å². The summed E-state index contributed by atoms with van der Waals surface area (Å²) in [6.07, 6.45) is -2.46. The number of likely N-dealkylation sites (tertiary alicyclic amines) is 1. The van der Waals surface area contributed by atoms with Gasteiger partial charge in [-0.2, -0.15) is 0 Å². The molecule has 2 aromatic carbocycles. The Labute approximate surface area is 270 Å². The highest BCUT2D eigenvalue weighted by Crippen LogP contribution is 2.50. The monoisotopic (exact) mass is 637 g/mol. The summed E-state index contributed by atoms with van der Waals surface area (Å²) in [5, 5.41) is 0. The fraction of sp³-hybridized carbons (Fsp3) is 0.543. The number of ether oxygens (including phenoxy) is 4. The second-order valence-corrected chi connectivity index (χ2v) is 14.2. The Balaban J connectivity index is 1.67. The Bertz CT molecular complexity index is 1390. The van der Waals surface area contributed by atoms with Crippen LogP contribution in [0.2, 0.25) is 0 Å². The fourth-order valence-electron chi connectivity index (χ4n) is 6.42. The molecule has 3 amide bonds. The minimum absolute atomic E-state index is 0.0621. The number of piperidine rings is 1. The first-order valence-electron chi connectivity index (χ1n) is 15.7.